The van der Waals surface area contributed by atoms with E-state index in [4.69, 9.17) is 10.5 Å². The predicted octanol–water partition coefficient (Wildman–Crippen LogP) is 0.576. The third-order valence-corrected chi connectivity index (χ3v) is 3.09. The molecule has 1 atom stereocenters. The van der Waals surface area contributed by atoms with Gasteiger partial charge in [0.05, 0.1) is 31.6 Å². The Morgan fingerprint density at radius 2 is 2.44 bits per heavy atom. The Bertz CT molecular complexity index is 326. The fraction of sp³-hybridized carbons (Fsp3) is 0.727. The van der Waals surface area contributed by atoms with Crippen LogP contribution in [0.3, 0.4) is 0 Å². The molecular weight excluding hydrogens is 204 g/mol. The number of nitrogens with zero attached hydrogens (tertiary/aromatic N) is 3. The number of anilines is 1. The summed E-state index contributed by atoms with van der Waals surface area (Å²) in [4.78, 5) is 2.47. The standard InChI is InChI=1S/C11H20N4O/c1-2-11-9-16-6-5-14(11)3-4-15-8-10(12)7-13-15/h7-8,11H,2-6,9,12H2,1H3. The fourth-order valence-electron chi connectivity index (χ4n) is 2.09. The molecule has 1 aromatic rings. The summed E-state index contributed by atoms with van der Waals surface area (Å²) in [6.07, 6.45) is 4.71. The number of nitrogens with two attached hydrogens (primary N) is 1. The number of nitrogen functional groups attached to an aromatic ring is 1. The molecule has 0 aliphatic carbocycles. The van der Waals surface area contributed by atoms with Gasteiger partial charge in [-0.1, -0.05) is 6.92 Å². The van der Waals surface area contributed by atoms with E-state index in [2.05, 4.69) is 16.9 Å². The van der Waals surface area contributed by atoms with Crippen LogP contribution in [0.4, 0.5) is 5.69 Å². The van der Waals surface area contributed by atoms with Crippen LogP contribution >= 0.6 is 0 Å². The zero-order chi connectivity index (χ0) is 11.4. The zero-order valence-electron chi connectivity index (χ0n) is 9.80. The Labute approximate surface area is 96.2 Å². The van der Waals surface area contributed by atoms with Crippen LogP contribution in [0.15, 0.2) is 12.4 Å². The molecule has 1 aliphatic rings. The molecule has 90 valence electrons. The molecule has 2 heterocycles. The first kappa shape index (κ1) is 11.4. The maximum atomic E-state index is 5.62. The Hall–Kier alpha value is -1.07. The molecule has 1 saturated heterocycles. The average molecular weight is 224 g/mol. The first-order chi connectivity index (χ1) is 7.79. The molecule has 0 bridgehead atoms. The van der Waals surface area contributed by atoms with Gasteiger partial charge in [-0.15, -0.1) is 0 Å². The summed E-state index contributed by atoms with van der Waals surface area (Å²) in [5.41, 5.74) is 6.35. The number of hydrogen-bond acceptors (Lipinski definition) is 4. The highest BCUT2D eigenvalue weighted by Gasteiger charge is 2.20. The number of ether oxygens (including phenoxy) is 1. The van der Waals surface area contributed by atoms with Gasteiger partial charge in [0, 0.05) is 25.3 Å². The molecule has 16 heavy (non-hydrogen) atoms. The second-order valence-corrected chi connectivity index (χ2v) is 4.21. The molecular formula is C11H20N4O. The van der Waals surface area contributed by atoms with Crippen molar-refractivity contribution in [3.8, 4) is 0 Å². The predicted molar refractivity (Wildman–Crippen MR) is 63.1 cm³/mol. The van der Waals surface area contributed by atoms with E-state index in [1.165, 1.54) is 0 Å². The third-order valence-electron chi connectivity index (χ3n) is 3.09. The van der Waals surface area contributed by atoms with Crippen LogP contribution < -0.4 is 5.73 Å². The van der Waals surface area contributed by atoms with Gasteiger partial charge in [-0.25, -0.2) is 0 Å². The lowest BCUT2D eigenvalue weighted by Gasteiger charge is -2.34. The zero-order valence-corrected chi connectivity index (χ0v) is 9.80. The molecule has 0 spiro atoms. The van der Waals surface area contributed by atoms with Crippen molar-refractivity contribution in [3.63, 3.8) is 0 Å². The van der Waals surface area contributed by atoms with Gasteiger partial charge >= 0.3 is 0 Å². The van der Waals surface area contributed by atoms with Crippen LogP contribution in [0, 0.1) is 0 Å². The van der Waals surface area contributed by atoms with Crippen molar-refractivity contribution in [2.45, 2.75) is 25.9 Å². The van der Waals surface area contributed by atoms with E-state index < -0.39 is 0 Å². The molecule has 0 saturated carbocycles. The largest absolute Gasteiger partial charge is 0.396 e. The maximum Gasteiger partial charge on any atom is 0.0719 e. The molecule has 0 aromatic carbocycles. The van der Waals surface area contributed by atoms with Crippen molar-refractivity contribution in [2.24, 2.45) is 0 Å². The monoisotopic (exact) mass is 224 g/mol. The van der Waals surface area contributed by atoms with Gasteiger partial charge < -0.3 is 10.5 Å². The number of hydrogen-bond donors (Lipinski definition) is 1. The summed E-state index contributed by atoms with van der Waals surface area (Å²) in [6, 6.07) is 0.557. The quantitative estimate of drug-likeness (QED) is 0.812. The van der Waals surface area contributed by atoms with E-state index in [1.54, 1.807) is 6.20 Å². The van der Waals surface area contributed by atoms with E-state index in [-0.39, 0.29) is 0 Å². The highest BCUT2D eigenvalue weighted by molar-refractivity contribution is 5.30. The van der Waals surface area contributed by atoms with E-state index >= 15 is 0 Å². The second kappa shape index (κ2) is 5.32. The molecule has 0 amide bonds. The second-order valence-electron chi connectivity index (χ2n) is 4.21. The van der Waals surface area contributed by atoms with Gasteiger partial charge in [-0.2, -0.15) is 5.10 Å². The average Bonchev–Trinajstić information content (AvgIpc) is 2.73. The van der Waals surface area contributed by atoms with Crippen LogP contribution in [-0.4, -0.2) is 47.0 Å². The lowest BCUT2D eigenvalue weighted by Crippen LogP contribution is -2.46. The summed E-state index contributed by atoms with van der Waals surface area (Å²) >= 11 is 0. The molecule has 0 radical (unpaired) electrons. The molecule has 5 heteroatoms. The fourth-order valence-corrected chi connectivity index (χ4v) is 2.09. The van der Waals surface area contributed by atoms with E-state index in [1.807, 2.05) is 10.9 Å². The van der Waals surface area contributed by atoms with Crippen molar-refractivity contribution in [2.75, 3.05) is 32.0 Å². The van der Waals surface area contributed by atoms with Crippen LogP contribution in [0.25, 0.3) is 0 Å². The Kier molecular flexibility index (Phi) is 3.79. The molecule has 1 unspecified atom stereocenters. The summed E-state index contributed by atoms with van der Waals surface area (Å²) in [7, 11) is 0. The molecule has 1 aromatic heterocycles. The summed E-state index contributed by atoms with van der Waals surface area (Å²) in [5, 5.41) is 4.18. The lowest BCUT2D eigenvalue weighted by atomic mass is 10.2. The van der Waals surface area contributed by atoms with Crippen molar-refractivity contribution < 1.29 is 4.74 Å². The first-order valence-electron chi connectivity index (χ1n) is 5.89. The van der Waals surface area contributed by atoms with Crippen LogP contribution in [0.5, 0.6) is 0 Å². The number of morpholine rings is 1. The van der Waals surface area contributed by atoms with Gasteiger partial charge in [-0.3, -0.25) is 9.58 Å². The van der Waals surface area contributed by atoms with E-state index in [0.29, 0.717) is 6.04 Å². The topological polar surface area (TPSA) is 56.3 Å². The van der Waals surface area contributed by atoms with Gasteiger partial charge in [0.2, 0.25) is 0 Å². The molecule has 1 aliphatic heterocycles. The Morgan fingerprint density at radius 1 is 1.56 bits per heavy atom. The molecule has 5 nitrogen and oxygen atoms in total. The van der Waals surface area contributed by atoms with Crippen LogP contribution in [-0.2, 0) is 11.3 Å². The van der Waals surface area contributed by atoms with Crippen LogP contribution in [0.2, 0.25) is 0 Å². The molecule has 2 rings (SSSR count). The molecule has 2 N–H and O–H groups in total. The van der Waals surface area contributed by atoms with Crippen molar-refractivity contribution in [1.82, 2.24) is 14.7 Å². The van der Waals surface area contributed by atoms with Crippen LogP contribution in [0.1, 0.15) is 13.3 Å². The maximum absolute atomic E-state index is 5.62. The summed E-state index contributed by atoms with van der Waals surface area (Å²) in [6.45, 7) is 6.85. The van der Waals surface area contributed by atoms with E-state index in [0.717, 1.165) is 45.0 Å². The van der Waals surface area contributed by atoms with Gasteiger partial charge in [-0.05, 0) is 6.42 Å². The lowest BCUT2D eigenvalue weighted by molar-refractivity contribution is -0.0103. The number of aromatic nitrogens is 2. The summed E-state index contributed by atoms with van der Waals surface area (Å²) < 4.78 is 7.38. The van der Waals surface area contributed by atoms with Crippen molar-refractivity contribution >= 4 is 5.69 Å². The van der Waals surface area contributed by atoms with Crippen molar-refractivity contribution in [3.05, 3.63) is 12.4 Å². The molecule has 1 fully saturated rings. The first-order valence-corrected chi connectivity index (χ1v) is 5.89. The van der Waals surface area contributed by atoms with Crippen molar-refractivity contribution in [1.29, 1.82) is 0 Å². The van der Waals surface area contributed by atoms with Gasteiger partial charge in [0.15, 0.2) is 0 Å². The minimum absolute atomic E-state index is 0.557. The minimum atomic E-state index is 0.557. The van der Waals surface area contributed by atoms with E-state index in [9.17, 15) is 0 Å². The van der Waals surface area contributed by atoms with Gasteiger partial charge in [0.1, 0.15) is 0 Å². The normalized spacial score (nSPS) is 22.4. The van der Waals surface area contributed by atoms with Gasteiger partial charge in [0.25, 0.3) is 0 Å². The Balaban J connectivity index is 1.84. The minimum Gasteiger partial charge on any atom is -0.396 e. The third kappa shape index (κ3) is 2.74. The summed E-state index contributed by atoms with van der Waals surface area (Å²) in [5.74, 6) is 0. The SMILES string of the molecule is CCC1COCCN1CCn1cc(N)cn1. The highest BCUT2D eigenvalue weighted by Crippen LogP contribution is 2.10. The number of rotatable bonds is 4. The highest BCUT2D eigenvalue weighted by atomic mass is 16.5. The smallest absolute Gasteiger partial charge is 0.0719 e. The Morgan fingerprint density at radius 3 is 3.12 bits per heavy atom.